The van der Waals surface area contributed by atoms with E-state index >= 15 is 0 Å². The first-order valence-corrected chi connectivity index (χ1v) is 18.0. The molecule has 0 aliphatic rings. The van der Waals surface area contributed by atoms with Gasteiger partial charge in [0.2, 0.25) is 11.8 Å². The van der Waals surface area contributed by atoms with Crippen molar-refractivity contribution in [1.82, 2.24) is 16.0 Å². The van der Waals surface area contributed by atoms with E-state index in [0.717, 1.165) is 25.7 Å². The Kier molecular flexibility index (Phi) is 15.1. The van der Waals surface area contributed by atoms with E-state index in [1.807, 2.05) is 32.0 Å². The summed E-state index contributed by atoms with van der Waals surface area (Å²) in [5.41, 5.74) is 0.640. The standard InChI is InChI=1S/C32H57N3O5Si/c1-24(2)21-33-29(37)28(35-27(36)20-16-12-15-19-25-17-13-11-14-18-25)26(22-34-30(38)40-31(3,4)5)23-39-41(9,10)32(6,7)8/h11,13-14,17-18,24,26,28H,12,15-16,19-23H2,1-10H3,(H,33,37)(H,34,38)(H,35,36). The number of hydrogen-bond donors (Lipinski definition) is 3. The van der Waals surface area contributed by atoms with Crippen LogP contribution in [0.15, 0.2) is 30.3 Å². The van der Waals surface area contributed by atoms with Gasteiger partial charge in [0.05, 0.1) is 0 Å². The summed E-state index contributed by atoms with van der Waals surface area (Å²) >= 11 is 0. The number of carbonyl (C=O) groups is 3. The molecule has 1 aromatic rings. The topological polar surface area (TPSA) is 106 Å². The molecule has 234 valence electrons. The number of ether oxygens (including phenoxy) is 1. The first kappa shape index (κ1) is 36.6. The lowest BCUT2D eigenvalue weighted by molar-refractivity contribution is -0.130. The normalized spacial score (nSPS) is 13.8. The summed E-state index contributed by atoms with van der Waals surface area (Å²) < 4.78 is 11.9. The van der Waals surface area contributed by atoms with Gasteiger partial charge in [0.15, 0.2) is 8.32 Å². The second kappa shape index (κ2) is 16.9. The van der Waals surface area contributed by atoms with Crippen molar-refractivity contribution in [1.29, 1.82) is 0 Å². The third-order valence-corrected chi connectivity index (χ3v) is 11.8. The highest BCUT2D eigenvalue weighted by Gasteiger charge is 2.39. The molecule has 0 bridgehead atoms. The minimum Gasteiger partial charge on any atom is -0.444 e. The Bertz CT molecular complexity index is 939. The van der Waals surface area contributed by atoms with E-state index in [9.17, 15) is 14.4 Å². The number of benzene rings is 1. The first-order valence-electron chi connectivity index (χ1n) is 15.1. The van der Waals surface area contributed by atoms with Crippen molar-refractivity contribution >= 4 is 26.2 Å². The van der Waals surface area contributed by atoms with Crippen LogP contribution in [0, 0.1) is 11.8 Å². The highest BCUT2D eigenvalue weighted by molar-refractivity contribution is 6.74. The first-order chi connectivity index (χ1) is 18.9. The van der Waals surface area contributed by atoms with Crippen LogP contribution < -0.4 is 16.0 Å². The SMILES string of the molecule is CC(C)CNC(=O)C(NC(=O)CCCCCc1ccccc1)C(CNC(=O)OC(C)(C)C)CO[Si](C)(C)C(C)(C)C. The summed E-state index contributed by atoms with van der Waals surface area (Å²) in [6.45, 7) is 21.0. The number of alkyl carbamates (subject to hydrolysis) is 1. The number of unbranched alkanes of at least 4 members (excludes halogenated alkanes) is 2. The molecular weight excluding hydrogens is 534 g/mol. The quantitative estimate of drug-likeness (QED) is 0.157. The smallest absolute Gasteiger partial charge is 0.407 e. The van der Waals surface area contributed by atoms with Crippen molar-refractivity contribution in [3.8, 4) is 0 Å². The summed E-state index contributed by atoms with van der Waals surface area (Å²) in [5.74, 6) is -0.678. The molecule has 2 unspecified atom stereocenters. The van der Waals surface area contributed by atoms with Crippen molar-refractivity contribution in [2.45, 2.75) is 117 Å². The molecule has 0 aliphatic heterocycles. The molecule has 0 fully saturated rings. The Hall–Kier alpha value is -2.39. The Labute approximate surface area is 250 Å². The number of aryl methyl sites for hydroxylation is 1. The van der Waals surface area contributed by atoms with Gasteiger partial charge in [-0.2, -0.15) is 0 Å². The van der Waals surface area contributed by atoms with Crippen molar-refractivity contribution in [2.75, 3.05) is 19.7 Å². The van der Waals surface area contributed by atoms with Crippen LogP contribution in [0.1, 0.15) is 86.6 Å². The van der Waals surface area contributed by atoms with Gasteiger partial charge in [-0.15, -0.1) is 0 Å². The lowest BCUT2D eigenvalue weighted by atomic mass is 9.98. The molecule has 0 aromatic heterocycles. The second-order valence-electron chi connectivity index (χ2n) is 13.9. The molecule has 0 saturated heterocycles. The third-order valence-electron chi connectivity index (χ3n) is 7.34. The van der Waals surface area contributed by atoms with Gasteiger partial charge in [-0.05, 0) is 69.6 Å². The monoisotopic (exact) mass is 591 g/mol. The molecular formula is C32H57N3O5Si. The van der Waals surface area contributed by atoms with E-state index in [2.05, 4.69) is 61.9 Å². The zero-order valence-corrected chi connectivity index (χ0v) is 28.3. The van der Waals surface area contributed by atoms with Gasteiger partial charge in [0.1, 0.15) is 11.6 Å². The number of hydrogen-bond acceptors (Lipinski definition) is 5. The van der Waals surface area contributed by atoms with Crippen molar-refractivity contribution in [3.63, 3.8) is 0 Å². The number of amides is 3. The molecule has 3 amide bonds. The van der Waals surface area contributed by atoms with Gasteiger partial charge in [-0.1, -0.05) is 71.4 Å². The molecule has 0 aliphatic carbocycles. The molecule has 1 rings (SSSR count). The number of rotatable bonds is 16. The van der Waals surface area contributed by atoms with Crippen LogP contribution in [0.25, 0.3) is 0 Å². The summed E-state index contributed by atoms with van der Waals surface area (Å²) in [7, 11) is -2.17. The average molecular weight is 592 g/mol. The van der Waals surface area contributed by atoms with Crippen LogP contribution in [-0.4, -0.2) is 57.6 Å². The molecule has 0 heterocycles. The fourth-order valence-electron chi connectivity index (χ4n) is 3.83. The lowest BCUT2D eigenvalue weighted by Crippen LogP contribution is -2.56. The Morgan fingerprint density at radius 1 is 0.878 bits per heavy atom. The van der Waals surface area contributed by atoms with Crippen LogP contribution in [-0.2, 0) is 25.2 Å². The predicted molar refractivity (Wildman–Crippen MR) is 169 cm³/mol. The van der Waals surface area contributed by atoms with Gasteiger partial charge < -0.3 is 25.1 Å². The van der Waals surface area contributed by atoms with Gasteiger partial charge in [-0.25, -0.2) is 4.79 Å². The van der Waals surface area contributed by atoms with Crippen LogP contribution in [0.4, 0.5) is 4.79 Å². The maximum absolute atomic E-state index is 13.4. The summed E-state index contributed by atoms with van der Waals surface area (Å²) in [4.78, 5) is 39.0. The molecule has 8 nitrogen and oxygen atoms in total. The largest absolute Gasteiger partial charge is 0.444 e. The Balaban J connectivity index is 2.99. The molecule has 41 heavy (non-hydrogen) atoms. The molecule has 1 aromatic carbocycles. The van der Waals surface area contributed by atoms with Gasteiger partial charge >= 0.3 is 6.09 Å². The second-order valence-corrected chi connectivity index (χ2v) is 18.8. The molecule has 9 heteroatoms. The summed E-state index contributed by atoms with van der Waals surface area (Å²) in [6.07, 6.45) is 3.40. The fraction of sp³-hybridized carbons (Fsp3) is 0.719. The predicted octanol–water partition coefficient (Wildman–Crippen LogP) is 6.21. The van der Waals surface area contributed by atoms with Crippen LogP contribution in [0.2, 0.25) is 18.1 Å². The Morgan fingerprint density at radius 3 is 2.07 bits per heavy atom. The van der Waals surface area contributed by atoms with E-state index in [1.54, 1.807) is 20.8 Å². The zero-order chi connectivity index (χ0) is 31.3. The summed E-state index contributed by atoms with van der Waals surface area (Å²) in [6, 6.07) is 9.46. The van der Waals surface area contributed by atoms with E-state index in [1.165, 1.54) is 5.56 Å². The number of carbonyl (C=O) groups excluding carboxylic acids is 3. The van der Waals surface area contributed by atoms with Crippen molar-refractivity contribution < 1.29 is 23.5 Å². The van der Waals surface area contributed by atoms with Crippen molar-refractivity contribution in [3.05, 3.63) is 35.9 Å². The Morgan fingerprint density at radius 2 is 1.51 bits per heavy atom. The molecule has 3 N–H and O–H groups in total. The third kappa shape index (κ3) is 15.4. The maximum atomic E-state index is 13.4. The van der Waals surface area contributed by atoms with Gasteiger partial charge in [0, 0.05) is 32.0 Å². The molecule has 2 atom stereocenters. The van der Waals surface area contributed by atoms with Gasteiger partial charge in [-0.3, -0.25) is 9.59 Å². The molecule has 0 saturated carbocycles. The van der Waals surface area contributed by atoms with Crippen LogP contribution in [0.5, 0.6) is 0 Å². The van der Waals surface area contributed by atoms with E-state index in [0.29, 0.717) is 13.0 Å². The maximum Gasteiger partial charge on any atom is 0.407 e. The minimum atomic E-state index is -2.17. The van der Waals surface area contributed by atoms with Crippen molar-refractivity contribution in [2.24, 2.45) is 11.8 Å². The average Bonchev–Trinajstić information content (AvgIpc) is 2.85. The van der Waals surface area contributed by atoms with Crippen LogP contribution in [0.3, 0.4) is 0 Å². The fourth-order valence-corrected chi connectivity index (χ4v) is 4.89. The number of nitrogens with one attached hydrogen (secondary N) is 3. The zero-order valence-electron chi connectivity index (χ0n) is 27.3. The highest BCUT2D eigenvalue weighted by atomic mass is 28.4. The minimum absolute atomic E-state index is 0.0332. The molecule has 0 spiro atoms. The summed E-state index contributed by atoms with van der Waals surface area (Å²) in [5, 5.41) is 8.74. The van der Waals surface area contributed by atoms with E-state index < -0.39 is 32.0 Å². The van der Waals surface area contributed by atoms with Crippen LogP contribution >= 0.6 is 0 Å². The highest BCUT2D eigenvalue weighted by Crippen LogP contribution is 2.37. The van der Waals surface area contributed by atoms with E-state index in [-0.39, 0.29) is 35.9 Å². The lowest BCUT2D eigenvalue weighted by Gasteiger charge is -2.38. The van der Waals surface area contributed by atoms with Gasteiger partial charge in [0.25, 0.3) is 0 Å². The van der Waals surface area contributed by atoms with E-state index in [4.69, 9.17) is 9.16 Å². The molecule has 0 radical (unpaired) electrons.